The molecule has 1 atom stereocenters. The number of nitrogens with zero attached hydrogens (tertiary/aromatic N) is 3. The van der Waals surface area contributed by atoms with Gasteiger partial charge in [0.1, 0.15) is 5.75 Å². The smallest absolute Gasteiger partial charge is 0.322 e. The summed E-state index contributed by atoms with van der Waals surface area (Å²) in [4.78, 5) is 19.7. The van der Waals surface area contributed by atoms with E-state index in [1.54, 1.807) is 12.0 Å². The van der Waals surface area contributed by atoms with E-state index in [9.17, 15) is 4.79 Å². The maximum absolute atomic E-state index is 13.3. The van der Waals surface area contributed by atoms with Gasteiger partial charge in [-0.25, -0.2) is 4.79 Å². The molecule has 0 radical (unpaired) electrons. The summed E-state index contributed by atoms with van der Waals surface area (Å²) in [6.07, 6.45) is 0. The van der Waals surface area contributed by atoms with Crippen LogP contribution in [0.4, 0.5) is 4.79 Å². The van der Waals surface area contributed by atoms with Crippen molar-refractivity contribution in [2.75, 3.05) is 7.11 Å². The number of urea groups is 1. The van der Waals surface area contributed by atoms with Gasteiger partial charge in [0.15, 0.2) is 0 Å². The molecule has 0 spiro atoms. The monoisotopic (exact) mass is 480 g/mol. The van der Waals surface area contributed by atoms with Crippen molar-refractivity contribution >= 4 is 11.6 Å². The highest BCUT2D eigenvalue weighted by molar-refractivity contribution is 5.86. The number of rotatable bonds is 6. The summed E-state index contributed by atoms with van der Waals surface area (Å²) in [5.41, 5.74) is 6.66. The van der Waals surface area contributed by atoms with E-state index < -0.39 is 6.04 Å². The highest BCUT2D eigenvalue weighted by Gasteiger charge is 2.35. The molecule has 1 aromatic heterocycles. The fourth-order valence-corrected chi connectivity index (χ4v) is 4.32. The third-order valence-corrected chi connectivity index (χ3v) is 6.47. The van der Waals surface area contributed by atoms with Crippen LogP contribution in [-0.2, 0) is 6.54 Å². The molecule has 36 heavy (non-hydrogen) atoms. The molecule has 1 N–H and O–H groups in total. The number of amides is 2. The highest BCUT2D eigenvalue weighted by Crippen LogP contribution is 2.38. The zero-order valence-corrected chi connectivity index (χ0v) is 20.8. The molecule has 2 amide bonds. The number of hydrogen-bond donors (Lipinski definition) is 1. The molecule has 7 heteroatoms. The van der Waals surface area contributed by atoms with E-state index in [2.05, 4.69) is 10.5 Å². The molecule has 4 aromatic rings. The average Bonchev–Trinajstić information content (AvgIpc) is 3.37. The molecule has 0 aliphatic carbocycles. The molecule has 0 saturated heterocycles. The zero-order valence-electron chi connectivity index (χ0n) is 20.8. The number of carbonyl (C=O) groups is 1. The predicted octanol–water partition coefficient (Wildman–Crippen LogP) is 6.06. The number of hydrogen-bond acceptors (Lipinski definition) is 5. The SMILES string of the molecule is COc1ccc(-c2noc(C3=C(C)N(Cc4ccc(C)cc4)C(=O)NC3c3ccc(C)cc3)n2)cc1. The van der Waals surface area contributed by atoms with E-state index >= 15 is 0 Å². The van der Waals surface area contributed by atoms with Crippen molar-refractivity contribution in [3.8, 4) is 17.1 Å². The van der Waals surface area contributed by atoms with E-state index in [-0.39, 0.29) is 6.03 Å². The van der Waals surface area contributed by atoms with Gasteiger partial charge in [0.05, 0.1) is 25.3 Å². The Morgan fingerprint density at radius 2 is 1.56 bits per heavy atom. The Kier molecular flexibility index (Phi) is 6.29. The Labute approximate surface area is 210 Å². The number of methoxy groups -OCH3 is 1. The molecule has 3 aromatic carbocycles. The maximum Gasteiger partial charge on any atom is 0.322 e. The normalized spacial score (nSPS) is 15.7. The summed E-state index contributed by atoms with van der Waals surface area (Å²) in [5.74, 6) is 1.59. The third-order valence-electron chi connectivity index (χ3n) is 6.47. The Morgan fingerprint density at radius 1 is 0.917 bits per heavy atom. The molecule has 0 saturated carbocycles. The first-order chi connectivity index (χ1) is 17.4. The largest absolute Gasteiger partial charge is 0.497 e. The minimum Gasteiger partial charge on any atom is -0.497 e. The van der Waals surface area contributed by atoms with Gasteiger partial charge >= 0.3 is 6.03 Å². The van der Waals surface area contributed by atoms with Crippen LogP contribution < -0.4 is 10.1 Å². The van der Waals surface area contributed by atoms with Crippen molar-refractivity contribution < 1.29 is 14.1 Å². The molecule has 182 valence electrons. The first-order valence-corrected chi connectivity index (χ1v) is 11.8. The fraction of sp³-hybridized carbons (Fsp3) is 0.207. The maximum atomic E-state index is 13.3. The summed E-state index contributed by atoms with van der Waals surface area (Å²) in [6, 6.07) is 23.2. The van der Waals surface area contributed by atoms with Crippen molar-refractivity contribution in [2.24, 2.45) is 0 Å². The lowest BCUT2D eigenvalue weighted by Gasteiger charge is -2.35. The van der Waals surface area contributed by atoms with Gasteiger partial charge in [-0.3, -0.25) is 4.90 Å². The minimum atomic E-state index is -0.420. The van der Waals surface area contributed by atoms with Gasteiger partial charge < -0.3 is 14.6 Å². The molecule has 0 bridgehead atoms. The number of nitrogens with one attached hydrogen (secondary N) is 1. The number of benzene rings is 3. The molecular weight excluding hydrogens is 452 g/mol. The number of allylic oxidation sites excluding steroid dienone is 1. The van der Waals surface area contributed by atoms with Gasteiger partial charge in [-0.15, -0.1) is 0 Å². The quantitative estimate of drug-likeness (QED) is 0.363. The third kappa shape index (κ3) is 4.60. The molecule has 1 aliphatic rings. The van der Waals surface area contributed by atoms with Crippen LogP contribution in [-0.4, -0.2) is 28.2 Å². The van der Waals surface area contributed by atoms with Crippen LogP contribution in [0.15, 0.2) is 83.0 Å². The lowest BCUT2D eigenvalue weighted by molar-refractivity contribution is 0.203. The molecule has 1 aliphatic heterocycles. The topological polar surface area (TPSA) is 80.5 Å². The van der Waals surface area contributed by atoms with Crippen molar-refractivity contribution in [3.63, 3.8) is 0 Å². The van der Waals surface area contributed by atoms with E-state index in [4.69, 9.17) is 14.2 Å². The van der Waals surface area contributed by atoms with E-state index in [0.717, 1.165) is 39.3 Å². The number of ether oxygens (including phenoxy) is 1. The molecule has 0 fully saturated rings. The Morgan fingerprint density at radius 3 is 2.19 bits per heavy atom. The molecule has 7 nitrogen and oxygen atoms in total. The van der Waals surface area contributed by atoms with Crippen molar-refractivity contribution in [2.45, 2.75) is 33.4 Å². The summed E-state index contributed by atoms with van der Waals surface area (Å²) in [6.45, 7) is 6.44. The first-order valence-electron chi connectivity index (χ1n) is 11.8. The van der Waals surface area contributed by atoms with Crippen LogP contribution in [0.1, 0.15) is 41.1 Å². The van der Waals surface area contributed by atoms with Gasteiger partial charge in [-0.1, -0.05) is 64.8 Å². The second-order valence-corrected chi connectivity index (χ2v) is 9.02. The minimum absolute atomic E-state index is 0.169. The van der Waals surface area contributed by atoms with Gasteiger partial charge in [0.25, 0.3) is 5.89 Å². The molecular formula is C29H28N4O3. The predicted molar refractivity (Wildman–Crippen MR) is 138 cm³/mol. The Hall–Kier alpha value is -4.39. The first kappa shape index (κ1) is 23.4. The summed E-state index contributed by atoms with van der Waals surface area (Å²) < 4.78 is 11.0. The van der Waals surface area contributed by atoms with Crippen LogP contribution >= 0.6 is 0 Å². The number of carbonyl (C=O) groups excluding carboxylic acids is 1. The van der Waals surface area contributed by atoms with Crippen LogP contribution in [0.5, 0.6) is 5.75 Å². The van der Waals surface area contributed by atoms with E-state index in [0.29, 0.717) is 18.3 Å². The van der Waals surface area contributed by atoms with E-state index in [1.165, 1.54) is 5.56 Å². The lowest BCUT2D eigenvalue weighted by Crippen LogP contribution is -2.45. The van der Waals surface area contributed by atoms with Crippen LogP contribution in [0.2, 0.25) is 0 Å². The number of aromatic nitrogens is 2. The lowest BCUT2D eigenvalue weighted by atomic mass is 9.94. The second-order valence-electron chi connectivity index (χ2n) is 9.02. The van der Waals surface area contributed by atoms with Crippen molar-refractivity contribution in [3.05, 3.63) is 107 Å². The fourth-order valence-electron chi connectivity index (χ4n) is 4.32. The van der Waals surface area contributed by atoms with Crippen LogP contribution in [0.25, 0.3) is 17.0 Å². The summed E-state index contributed by atoms with van der Waals surface area (Å²) in [7, 11) is 1.63. The van der Waals surface area contributed by atoms with Crippen LogP contribution in [0, 0.1) is 13.8 Å². The summed E-state index contributed by atoms with van der Waals surface area (Å²) in [5, 5.41) is 7.40. The molecule has 2 heterocycles. The van der Waals surface area contributed by atoms with Gasteiger partial charge in [-0.05, 0) is 56.2 Å². The van der Waals surface area contributed by atoms with Crippen molar-refractivity contribution in [1.82, 2.24) is 20.4 Å². The molecule has 5 rings (SSSR count). The van der Waals surface area contributed by atoms with E-state index in [1.807, 2.05) is 93.6 Å². The van der Waals surface area contributed by atoms with Crippen molar-refractivity contribution in [1.29, 1.82) is 0 Å². The standard InChI is InChI=1S/C29H28N4O3/c1-18-5-9-21(10-6-18)17-33-20(3)25(26(30-29(33)34)22-11-7-19(2)8-12-22)28-31-27(32-36-28)23-13-15-24(35-4)16-14-23/h5-16,26H,17H2,1-4H3,(H,30,34). The zero-order chi connectivity index (χ0) is 25.2. The average molecular weight is 481 g/mol. The van der Waals surface area contributed by atoms with Gasteiger partial charge in [-0.2, -0.15) is 4.98 Å². The van der Waals surface area contributed by atoms with Crippen LogP contribution in [0.3, 0.4) is 0 Å². The van der Waals surface area contributed by atoms with Gasteiger partial charge in [0.2, 0.25) is 5.82 Å². The summed E-state index contributed by atoms with van der Waals surface area (Å²) >= 11 is 0. The molecule has 1 unspecified atom stereocenters. The highest BCUT2D eigenvalue weighted by atomic mass is 16.5. The Balaban J connectivity index is 1.57. The second kappa shape index (κ2) is 9.70. The number of aryl methyl sites for hydroxylation is 2. The van der Waals surface area contributed by atoms with Gasteiger partial charge in [0, 0.05) is 11.3 Å². The Bertz CT molecular complexity index is 1400.